The van der Waals surface area contributed by atoms with Crippen LogP contribution in [-0.2, 0) is 17.8 Å². The topological polar surface area (TPSA) is 46.4 Å². The van der Waals surface area contributed by atoms with Crippen molar-refractivity contribution in [2.24, 2.45) is 0 Å². The van der Waals surface area contributed by atoms with E-state index < -0.39 is 0 Å². The van der Waals surface area contributed by atoms with Crippen molar-refractivity contribution in [2.75, 3.05) is 25.5 Å². The van der Waals surface area contributed by atoms with Crippen LogP contribution in [0, 0.1) is 0 Å². The number of aromatic nitrogens is 1. The van der Waals surface area contributed by atoms with Gasteiger partial charge in [0.05, 0.1) is 33.2 Å². The molecule has 4 rings (SSSR count). The van der Waals surface area contributed by atoms with Crippen LogP contribution in [0.2, 0.25) is 0 Å². The fraction of sp³-hybridized carbons (Fsp3) is 0.368. The summed E-state index contributed by atoms with van der Waals surface area (Å²) in [4.78, 5) is 16.9. The number of nitrogens with zero attached hydrogens (tertiary/aromatic N) is 1. The maximum atomic E-state index is 8.81. The molecule has 0 amide bonds. The third kappa shape index (κ3) is 3.61. The van der Waals surface area contributed by atoms with Gasteiger partial charge in [-0.1, -0.05) is 12.1 Å². The highest BCUT2D eigenvalue weighted by atomic mass is 32.1. The SMILES string of the molecule is CC=O.CC[NH+]1CCc2c(sc(NC)c2-c2nc3ccccc3s2)C1. The van der Waals surface area contributed by atoms with Crippen LogP contribution in [0.5, 0.6) is 0 Å². The molecule has 0 spiro atoms. The highest BCUT2D eigenvalue weighted by Crippen LogP contribution is 2.44. The predicted octanol–water partition coefficient (Wildman–Crippen LogP) is 3.23. The third-order valence-electron chi connectivity index (χ3n) is 4.46. The van der Waals surface area contributed by atoms with E-state index in [1.807, 2.05) is 29.7 Å². The second kappa shape index (κ2) is 8.08. The second-order valence-electron chi connectivity index (χ2n) is 5.96. The summed E-state index contributed by atoms with van der Waals surface area (Å²) in [5, 5.41) is 5.85. The number of carbonyl (C=O) groups is 1. The number of hydrogen-bond acceptors (Lipinski definition) is 5. The maximum Gasteiger partial charge on any atom is 0.127 e. The van der Waals surface area contributed by atoms with Crippen LogP contribution in [0.25, 0.3) is 20.8 Å². The highest BCUT2D eigenvalue weighted by Gasteiger charge is 2.27. The summed E-state index contributed by atoms with van der Waals surface area (Å²) >= 11 is 3.73. The molecule has 6 heteroatoms. The zero-order chi connectivity index (χ0) is 17.8. The van der Waals surface area contributed by atoms with Gasteiger partial charge in [-0.3, -0.25) is 0 Å². The average molecular weight is 375 g/mol. The largest absolute Gasteiger partial charge is 0.379 e. The Bertz CT molecular complexity index is 836. The number of nitrogens with one attached hydrogen (secondary N) is 2. The number of anilines is 1. The molecule has 25 heavy (non-hydrogen) atoms. The van der Waals surface area contributed by atoms with Gasteiger partial charge in [-0.2, -0.15) is 0 Å². The first-order valence-electron chi connectivity index (χ1n) is 8.63. The van der Waals surface area contributed by atoms with Gasteiger partial charge in [0, 0.05) is 19.0 Å². The van der Waals surface area contributed by atoms with E-state index in [4.69, 9.17) is 9.78 Å². The number of aldehydes is 1. The lowest BCUT2D eigenvalue weighted by molar-refractivity contribution is -0.913. The Morgan fingerprint density at radius 3 is 2.76 bits per heavy atom. The van der Waals surface area contributed by atoms with Crippen molar-refractivity contribution < 1.29 is 9.69 Å². The maximum absolute atomic E-state index is 8.81. The summed E-state index contributed by atoms with van der Waals surface area (Å²) in [7, 11) is 2.03. The molecule has 3 aromatic rings. The minimum Gasteiger partial charge on any atom is -0.379 e. The van der Waals surface area contributed by atoms with Crippen LogP contribution in [0.3, 0.4) is 0 Å². The van der Waals surface area contributed by atoms with Crippen molar-refractivity contribution in [3.05, 3.63) is 34.7 Å². The number of thiophene rings is 1. The molecule has 0 fully saturated rings. The van der Waals surface area contributed by atoms with E-state index in [0.717, 1.165) is 18.3 Å². The minimum atomic E-state index is 0.750. The Morgan fingerprint density at radius 2 is 2.08 bits per heavy atom. The van der Waals surface area contributed by atoms with E-state index >= 15 is 0 Å². The minimum absolute atomic E-state index is 0.750. The Morgan fingerprint density at radius 1 is 1.32 bits per heavy atom. The van der Waals surface area contributed by atoms with Gasteiger partial charge >= 0.3 is 0 Å². The van der Waals surface area contributed by atoms with Gasteiger partial charge in [0.25, 0.3) is 0 Å². The molecule has 1 atom stereocenters. The first-order valence-corrected chi connectivity index (χ1v) is 10.3. The average Bonchev–Trinajstić information content (AvgIpc) is 3.21. The van der Waals surface area contributed by atoms with Crippen molar-refractivity contribution in [1.29, 1.82) is 0 Å². The van der Waals surface area contributed by atoms with E-state index in [0.29, 0.717) is 0 Å². The lowest BCUT2D eigenvalue weighted by atomic mass is 10.0. The second-order valence-corrected chi connectivity index (χ2v) is 8.10. The van der Waals surface area contributed by atoms with Gasteiger partial charge in [-0.25, -0.2) is 4.98 Å². The lowest BCUT2D eigenvalue weighted by Gasteiger charge is -2.22. The molecule has 0 bridgehead atoms. The summed E-state index contributed by atoms with van der Waals surface area (Å²) in [5.74, 6) is 0. The first kappa shape index (κ1) is 18.0. The van der Waals surface area contributed by atoms with Crippen LogP contribution < -0.4 is 10.2 Å². The van der Waals surface area contributed by atoms with Gasteiger partial charge in [0.15, 0.2) is 0 Å². The summed E-state index contributed by atoms with van der Waals surface area (Å²) in [6.07, 6.45) is 1.92. The number of carbonyl (C=O) groups excluding carboxylic acids is 1. The Balaban J connectivity index is 0.000000569. The van der Waals surface area contributed by atoms with Gasteiger partial charge in [-0.15, -0.1) is 22.7 Å². The molecule has 0 saturated heterocycles. The van der Waals surface area contributed by atoms with Crippen molar-refractivity contribution in [3.63, 3.8) is 0 Å². The quantitative estimate of drug-likeness (QED) is 0.692. The number of fused-ring (bicyclic) bond motifs is 2. The van der Waals surface area contributed by atoms with Crippen molar-refractivity contribution >= 4 is 44.2 Å². The molecule has 2 N–H and O–H groups in total. The van der Waals surface area contributed by atoms with Crippen molar-refractivity contribution in [1.82, 2.24) is 4.98 Å². The van der Waals surface area contributed by atoms with Crippen LogP contribution in [-0.4, -0.2) is 31.4 Å². The van der Waals surface area contributed by atoms with E-state index in [1.54, 1.807) is 9.78 Å². The Labute approximate surface area is 156 Å². The number of quaternary nitrogens is 1. The standard InChI is InChI=1S/C17H19N3S2.C2H4O/c1-3-20-9-8-11-14(10-20)22-16(18-2)15(11)17-19-12-6-4-5-7-13(12)21-17;1-2-3/h4-7,18H,3,8-10H2,1-2H3;2H,1H3/p+1. The smallest absolute Gasteiger partial charge is 0.127 e. The molecule has 1 aromatic carbocycles. The number of hydrogen-bond donors (Lipinski definition) is 2. The molecule has 0 aliphatic carbocycles. The van der Waals surface area contributed by atoms with Gasteiger partial charge < -0.3 is 15.0 Å². The molecule has 1 aliphatic rings. The normalized spacial score (nSPS) is 16.0. The number of rotatable bonds is 3. The molecule has 3 heterocycles. The van der Waals surface area contributed by atoms with Gasteiger partial charge in [0.2, 0.25) is 0 Å². The predicted molar refractivity (Wildman–Crippen MR) is 108 cm³/mol. The van der Waals surface area contributed by atoms with Gasteiger partial charge in [-0.05, 0) is 31.5 Å². The van der Waals surface area contributed by atoms with E-state index in [2.05, 4.69) is 36.5 Å². The Hall–Kier alpha value is -1.76. The molecule has 1 unspecified atom stereocenters. The zero-order valence-electron chi connectivity index (χ0n) is 14.9. The van der Waals surface area contributed by atoms with E-state index in [9.17, 15) is 0 Å². The molecule has 132 valence electrons. The molecule has 4 nitrogen and oxygen atoms in total. The number of para-hydroxylation sites is 1. The van der Waals surface area contributed by atoms with Crippen molar-refractivity contribution in [2.45, 2.75) is 26.8 Å². The lowest BCUT2D eigenvalue weighted by Crippen LogP contribution is -3.11. The molecule has 2 aromatic heterocycles. The van der Waals surface area contributed by atoms with Crippen LogP contribution in [0.1, 0.15) is 24.3 Å². The fourth-order valence-electron chi connectivity index (χ4n) is 3.22. The van der Waals surface area contributed by atoms with Crippen LogP contribution in [0.15, 0.2) is 24.3 Å². The van der Waals surface area contributed by atoms with Crippen molar-refractivity contribution in [3.8, 4) is 10.6 Å². The number of likely N-dealkylation sites (N-methyl/N-ethyl adjacent to an activating group) is 1. The van der Waals surface area contributed by atoms with Crippen LogP contribution in [0.4, 0.5) is 5.00 Å². The number of thiazole rings is 1. The molecule has 0 saturated carbocycles. The van der Waals surface area contributed by atoms with E-state index in [-0.39, 0.29) is 0 Å². The summed E-state index contributed by atoms with van der Waals surface area (Å²) in [6, 6.07) is 8.43. The molecule has 1 aliphatic heterocycles. The van der Waals surface area contributed by atoms with Crippen LogP contribution >= 0.6 is 22.7 Å². The molecular formula is C19H24N3OS2+. The highest BCUT2D eigenvalue weighted by molar-refractivity contribution is 7.22. The zero-order valence-corrected chi connectivity index (χ0v) is 16.5. The Kier molecular flexibility index (Phi) is 5.83. The molecular weight excluding hydrogens is 350 g/mol. The summed E-state index contributed by atoms with van der Waals surface area (Å²) < 4.78 is 1.27. The van der Waals surface area contributed by atoms with Gasteiger partial charge in [0.1, 0.15) is 17.8 Å². The van der Waals surface area contributed by atoms with E-state index in [1.165, 1.54) is 52.3 Å². The number of benzene rings is 1. The summed E-state index contributed by atoms with van der Waals surface area (Å²) in [6.45, 7) is 7.33. The third-order valence-corrected chi connectivity index (χ3v) is 6.77. The first-order chi connectivity index (χ1) is 12.2. The monoisotopic (exact) mass is 374 g/mol. The summed E-state index contributed by atoms with van der Waals surface area (Å²) in [5.41, 5.74) is 4.01. The molecule has 0 radical (unpaired) electrons. The fourth-order valence-corrected chi connectivity index (χ4v) is 5.60.